The molecule has 3 aromatic rings. The van der Waals surface area contributed by atoms with Crippen molar-refractivity contribution in [2.24, 2.45) is 12.1 Å². The number of para-hydroxylation sites is 1. The van der Waals surface area contributed by atoms with E-state index >= 15 is 0 Å². The number of nitrogens with one attached hydrogen (secondary N) is 2. The zero-order chi connectivity index (χ0) is 23.1. The van der Waals surface area contributed by atoms with Crippen LogP contribution in [0.5, 0.6) is 5.75 Å². The van der Waals surface area contributed by atoms with E-state index < -0.39 is 11.2 Å². The van der Waals surface area contributed by atoms with Gasteiger partial charge in [-0.2, -0.15) is 10.1 Å². The molecule has 172 valence electrons. The van der Waals surface area contributed by atoms with Gasteiger partial charge in [0.05, 0.1) is 5.71 Å². The summed E-state index contributed by atoms with van der Waals surface area (Å²) < 4.78 is 3.10. The summed E-state index contributed by atoms with van der Waals surface area (Å²) in [5, 5.41) is 14.4. The number of fused-ring (bicyclic) bond motifs is 1. The molecule has 0 unspecified atom stereocenters. The van der Waals surface area contributed by atoms with Gasteiger partial charge in [-0.15, -0.1) is 0 Å². The summed E-state index contributed by atoms with van der Waals surface area (Å²) in [6, 6.07) is 6.93. The first-order valence-corrected chi connectivity index (χ1v) is 11.2. The Morgan fingerprint density at radius 3 is 2.53 bits per heavy atom. The van der Waals surface area contributed by atoms with E-state index in [0.717, 1.165) is 19.3 Å². The molecule has 3 rings (SSSR count). The Hall–Kier alpha value is -3.36. The summed E-state index contributed by atoms with van der Waals surface area (Å²) in [5.74, 6) is 0.512. The number of aromatic amines is 1. The second kappa shape index (κ2) is 10.8. The summed E-state index contributed by atoms with van der Waals surface area (Å²) >= 11 is 0. The molecule has 2 aromatic heterocycles. The monoisotopic (exact) mass is 440 g/mol. The minimum Gasteiger partial charge on any atom is -0.507 e. The van der Waals surface area contributed by atoms with Gasteiger partial charge in [0.15, 0.2) is 11.2 Å². The lowest BCUT2D eigenvalue weighted by molar-refractivity contribution is 0.474. The number of anilines is 1. The fourth-order valence-electron chi connectivity index (χ4n) is 3.74. The Morgan fingerprint density at radius 1 is 1.12 bits per heavy atom. The first kappa shape index (κ1) is 23.3. The van der Waals surface area contributed by atoms with Crippen LogP contribution in [0.4, 0.5) is 5.95 Å². The van der Waals surface area contributed by atoms with E-state index in [4.69, 9.17) is 0 Å². The standard InChI is InChI=1S/C23H32N6O3/c1-4-5-6-7-8-9-12-15-29-19-20(28(3)23(32)25-21(19)31)24-22(29)27-26-16(2)17-13-10-11-14-18(17)30/h10-11,13-14,30H,4-9,12,15H2,1-3H3,(H,24,27)(H,25,31,32). The zero-order valence-electron chi connectivity index (χ0n) is 19.0. The van der Waals surface area contributed by atoms with E-state index in [9.17, 15) is 14.7 Å². The molecule has 9 nitrogen and oxygen atoms in total. The van der Waals surface area contributed by atoms with Crippen LogP contribution in [-0.4, -0.2) is 29.9 Å². The lowest BCUT2D eigenvalue weighted by Gasteiger charge is -2.09. The van der Waals surface area contributed by atoms with Crippen LogP contribution in [0.25, 0.3) is 11.2 Å². The highest BCUT2D eigenvalue weighted by molar-refractivity contribution is 6.01. The van der Waals surface area contributed by atoms with Crippen molar-refractivity contribution in [3.63, 3.8) is 0 Å². The van der Waals surface area contributed by atoms with Gasteiger partial charge < -0.3 is 9.67 Å². The first-order valence-electron chi connectivity index (χ1n) is 11.2. The molecule has 2 heterocycles. The number of aryl methyl sites for hydroxylation is 2. The molecule has 32 heavy (non-hydrogen) atoms. The van der Waals surface area contributed by atoms with E-state index in [2.05, 4.69) is 27.4 Å². The quantitative estimate of drug-likeness (QED) is 0.239. The van der Waals surface area contributed by atoms with Gasteiger partial charge >= 0.3 is 5.69 Å². The molecular formula is C23H32N6O3. The predicted octanol–water partition coefficient (Wildman–Crippen LogP) is 3.72. The molecular weight excluding hydrogens is 408 g/mol. The molecule has 0 atom stereocenters. The molecule has 0 radical (unpaired) electrons. The Bertz CT molecular complexity index is 1200. The van der Waals surface area contributed by atoms with Crippen molar-refractivity contribution in [1.82, 2.24) is 19.1 Å². The van der Waals surface area contributed by atoms with Gasteiger partial charge in [-0.25, -0.2) is 10.2 Å². The molecule has 0 bridgehead atoms. The maximum atomic E-state index is 12.6. The molecule has 0 aliphatic carbocycles. The molecule has 1 aromatic carbocycles. The molecule has 0 spiro atoms. The molecule has 0 saturated heterocycles. The van der Waals surface area contributed by atoms with E-state index in [1.807, 2.05) is 6.07 Å². The average molecular weight is 441 g/mol. The number of aromatic nitrogens is 4. The lowest BCUT2D eigenvalue weighted by Crippen LogP contribution is -2.29. The van der Waals surface area contributed by atoms with Crippen LogP contribution in [0.15, 0.2) is 39.0 Å². The number of imidazole rings is 1. The average Bonchev–Trinajstić information content (AvgIpc) is 3.14. The molecule has 0 aliphatic heterocycles. The maximum absolute atomic E-state index is 12.6. The van der Waals surface area contributed by atoms with Crippen molar-refractivity contribution >= 4 is 22.8 Å². The topological polar surface area (TPSA) is 117 Å². The van der Waals surface area contributed by atoms with Crippen LogP contribution in [0, 0.1) is 0 Å². The Kier molecular flexibility index (Phi) is 7.86. The molecule has 0 aliphatic rings. The van der Waals surface area contributed by atoms with E-state index in [0.29, 0.717) is 34.9 Å². The van der Waals surface area contributed by atoms with Gasteiger partial charge in [-0.05, 0) is 25.5 Å². The number of benzene rings is 1. The van der Waals surface area contributed by atoms with E-state index in [-0.39, 0.29) is 5.75 Å². The smallest absolute Gasteiger partial charge is 0.329 e. The first-order chi connectivity index (χ1) is 15.4. The number of phenolic OH excluding ortho intramolecular Hbond substituents is 1. The van der Waals surface area contributed by atoms with Crippen LogP contribution in [-0.2, 0) is 13.6 Å². The third-order valence-electron chi connectivity index (χ3n) is 5.61. The molecule has 0 saturated carbocycles. The number of rotatable bonds is 11. The minimum atomic E-state index is -0.511. The van der Waals surface area contributed by atoms with Crippen molar-refractivity contribution in [1.29, 1.82) is 0 Å². The Morgan fingerprint density at radius 2 is 1.81 bits per heavy atom. The predicted molar refractivity (Wildman–Crippen MR) is 128 cm³/mol. The third kappa shape index (κ3) is 5.27. The number of aromatic hydroxyl groups is 1. The number of unbranched alkanes of at least 4 members (excludes halogenated alkanes) is 6. The number of phenols is 1. The Balaban J connectivity index is 1.86. The van der Waals surface area contributed by atoms with Gasteiger partial charge in [-0.1, -0.05) is 57.6 Å². The highest BCUT2D eigenvalue weighted by atomic mass is 16.3. The van der Waals surface area contributed by atoms with Gasteiger partial charge in [0, 0.05) is 19.2 Å². The molecule has 3 N–H and O–H groups in total. The third-order valence-corrected chi connectivity index (χ3v) is 5.61. The molecule has 0 amide bonds. The fraction of sp³-hybridized carbons (Fsp3) is 0.478. The SMILES string of the molecule is CCCCCCCCCn1c(NN=C(C)c2ccccc2O)nc2c1c(=O)[nH]c(=O)n2C. The molecule has 9 heteroatoms. The van der Waals surface area contributed by atoms with Crippen molar-refractivity contribution < 1.29 is 5.11 Å². The summed E-state index contributed by atoms with van der Waals surface area (Å²) in [5.41, 5.74) is 3.77. The van der Waals surface area contributed by atoms with E-state index in [1.54, 1.807) is 36.7 Å². The van der Waals surface area contributed by atoms with Crippen LogP contribution in [0.1, 0.15) is 64.4 Å². The minimum absolute atomic E-state index is 0.131. The highest BCUT2D eigenvalue weighted by Gasteiger charge is 2.17. The van der Waals surface area contributed by atoms with Crippen LogP contribution < -0.4 is 16.7 Å². The maximum Gasteiger partial charge on any atom is 0.329 e. The number of nitrogens with zero attached hydrogens (tertiary/aromatic N) is 4. The summed E-state index contributed by atoms with van der Waals surface area (Å²) in [6.07, 6.45) is 8.02. The normalized spacial score (nSPS) is 11.9. The lowest BCUT2D eigenvalue weighted by atomic mass is 10.1. The van der Waals surface area contributed by atoms with Gasteiger partial charge in [-0.3, -0.25) is 14.3 Å². The van der Waals surface area contributed by atoms with Gasteiger partial charge in [0.25, 0.3) is 5.56 Å². The fourth-order valence-corrected chi connectivity index (χ4v) is 3.74. The summed E-state index contributed by atoms with van der Waals surface area (Å²) in [4.78, 5) is 31.4. The number of hydrogen-bond donors (Lipinski definition) is 3. The number of H-pyrrole nitrogens is 1. The van der Waals surface area contributed by atoms with Gasteiger partial charge in [0.2, 0.25) is 5.95 Å². The van der Waals surface area contributed by atoms with Crippen molar-refractivity contribution in [2.45, 2.75) is 65.3 Å². The summed E-state index contributed by atoms with van der Waals surface area (Å²) in [7, 11) is 1.58. The number of hydrazone groups is 1. The van der Waals surface area contributed by atoms with Crippen LogP contribution >= 0.6 is 0 Å². The van der Waals surface area contributed by atoms with Gasteiger partial charge in [0.1, 0.15) is 5.75 Å². The second-order valence-electron chi connectivity index (χ2n) is 8.03. The van der Waals surface area contributed by atoms with Crippen molar-refractivity contribution in [3.8, 4) is 5.75 Å². The number of hydrogen-bond acceptors (Lipinski definition) is 6. The Labute approximate surface area is 186 Å². The zero-order valence-corrected chi connectivity index (χ0v) is 19.0. The van der Waals surface area contributed by atoms with Crippen molar-refractivity contribution in [3.05, 3.63) is 50.7 Å². The van der Waals surface area contributed by atoms with Crippen LogP contribution in [0.3, 0.4) is 0 Å². The highest BCUT2D eigenvalue weighted by Crippen LogP contribution is 2.19. The second-order valence-corrected chi connectivity index (χ2v) is 8.03. The van der Waals surface area contributed by atoms with Crippen molar-refractivity contribution in [2.75, 3.05) is 5.43 Å². The molecule has 0 fully saturated rings. The largest absolute Gasteiger partial charge is 0.507 e. The summed E-state index contributed by atoms with van der Waals surface area (Å²) in [6.45, 7) is 4.56. The van der Waals surface area contributed by atoms with Crippen LogP contribution in [0.2, 0.25) is 0 Å². The van der Waals surface area contributed by atoms with E-state index in [1.165, 1.54) is 30.3 Å².